The van der Waals surface area contributed by atoms with Crippen LogP contribution in [0.5, 0.6) is 11.5 Å². The summed E-state index contributed by atoms with van der Waals surface area (Å²) >= 11 is 0. The van der Waals surface area contributed by atoms with Gasteiger partial charge < -0.3 is 14.6 Å². The molecule has 0 aromatic heterocycles. The molecule has 22 heavy (non-hydrogen) atoms. The molecule has 0 bridgehead atoms. The molecule has 1 aliphatic heterocycles. The minimum Gasteiger partial charge on any atom is -0.506 e. The maximum atomic E-state index is 11.9. The summed E-state index contributed by atoms with van der Waals surface area (Å²) in [5, 5.41) is 21.5. The molecule has 0 saturated heterocycles. The minimum absolute atomic E-state index is 0.0921. The van der Waals surface area contributed by atoms with Crippen molar-refractivity contribution >= 4 is 23.0 Å². The summed E-state index contributed by atoms with van der Waals surface area (Å²) in [5.74, 6) is -1.32. The van der Waals surface area contributed by atoms with Gasteiger partial charge >= 0.3 is 0 Å². The number of rotatable bonds is 2. The molecule has 8 nitrogen and oxygen atoms in total. The minimum atomic E-state index is -0.716. The van der Waals surface area contributed by atoms with Crippen LogP contribution in [-0.2, 0) is 9.59 Å². The lowest BCUT2D eigenvalue weighted by molar-refractivity contribution is -0.385. The summed E-state index contributed by atoms with van der Waals surface area (Å²) in [5.41, 5.74) is -1.07. The van der Waals surface area contributed by atoms with Gasteiger partial charge in [-0.3, -0.25) is 19.7 Å². The fourth-order valence-corrected chi connectivity index (χ4v) is 2.49. The van der Waals surface area contributed by atoms with E-state index in [1.165, 1.54) is 6.07 Å². The van der Waals surface area contributed by atoms with E-state index in [0.717, 1.165) is 6.07 Å². The van der Waals surface area contributed by atoms with Crippen LogP contribution in [0.25, 0.3) is 5.76 Å². The predicted molar refractivity (Wildman–Crippen MR) is 72.6 cm³/mol. The highest BCUT2D eigenvalue weighted by atomic mass is 16.7. The van der Waals surface area contributed by atoms with Crippen molar-refractivity contribution in [2.45, 2.75) is 19.3 Å². The average molecular weight is 305 g/mol. The molecule has 1 saturated carbocycles. The van der Waals surface area contributed by atoms with Crippen LogP contribution >= 0.6 is 0 Å². The fraction of sp³-hybridized carbons (Fsp3) is 0.286. The second kappa shape index (κ2) is 5.14. The van der Waals surface area contributed by atoms with Crippen molar-refractivity contribution in [1.82, 2.24) is 0 Å². The molecule has 1 aromatic rings. The maximum Gasteiger partial charge on any atom is 0.284 e. The van der Waals surface area contributed by atoms with Gasteiger partial charge in [0.25, 0.3) is 5.69 Å². The van der Waals surface area contributed by atoms with Crippen molar-refractivity contribution in [1.29, 1.82) is 0 Å². The molecule has 0 unspecified atom stereocenters. The van der Waals surface area contributed by atoms with E-state index in [9.17, 15) is 24.8 Å². The third kappa shape index (κ3) is 2.18. The normalized spacial score (nSPS) is 16.8. The molecule has 1 N–H and O–H groups in total. The van der Waals surface area contributed by atoms with Gasteiger partial charge in [0.2, 0.25) is 6.79 Å². The van der Waals surface area contributed by atoms with Gasteiger partial charge in [-0.1, -0.05) is 0 Å². The Morgan fingerprint density at radius 2 is 1.73 bits per heavy atom. The first-order chi connectivity index (χ1) is 10.5. The third-order valence-corrected chi connectivity index (χ3v) is 3.54. The van der Waals surface area contributed by atoms with Gasteiger partial charge in [-0.2, -0.15) is 0 Å². The molecule has 8 heteroatoms. The second-order valence-corrected chi connectivity index (χ2v) is 4.90. The number of benzene rings is 1. The molecular weight excluding hydrogens is 294 g/mol. The number of allylic oxidation sites excluding steroid dienone is 1. The number of ketones is 2. The van der Waals surface area contributed by atoms with Crippen molar-refractivity contribution in [3.63, 3.8) is 0 Å². The van der Waals surface area contributed by atoms with Crippen molar-refractivity contribution in [3.8, 4) is 11.5 Å². The molecule has 0 amide bonds. The van der Waals surface area contributed by atoms with E-state index in [1.54, 1.807) is 0 Å². The van der Waals surface area contributed by atoms with Crippen LogP contribution in [0.2, 0.25) is 0 Å². The lowest BCUT2D eigenvalue weighted by Crippen LogP contribution is -2.20. The third-order valence-electron chi connectivity index (χ3n) is 3.54. The van der Waals surface area contributed by atoms with Crippen LogP contribution in [0.1, 0.15) is 24.8 Å². The van der Waals surface area contributed by atoms with Gasteiger partial charge in [-0.15, -0.1) is 0 Å². The summed E-state index contributed by atoms with van der Waals surface area (Å²) in [6.07, 6.45) is 0.671. The van der Waals surface area contributed by atoms with Crippen LogP contribution in [-0.4, -0.2) is 28.4 Å². The van der Waals surface area contributed by atoms with Crippen molar-refractivity contribution in [2.24, 2.45) is 0 Å². The van der Waals surface area contributed by atoms with Crippen LogP contribution in [0.4, 0.5) is 5.69 Å². The van der Waals surface area contributed by atoms with E-state index >= 15 is 0 Å². The first kappa shape index (κ1) is 14.1. The zero-order chi connectivity index (χ0) is 15.9. The molecule has 114 valence electrons. The molecule has 2 aliphatic rings. The van der Waals surface area contributed by atoms with Crippen molar-refractivity contribution in [3.05, 3.63) is 33.4 Å². The van der Waals surface area contributed by atoms with Gasteiger partial charge in [0.05, 0.1) is 16.6 Å². The van der Waals surface area contributed by atoms with Gasteiger partial charge in [0.1, 0.15) is 11.3 Å². The zero-order valence-electron chi connectivity index (χ0n) is 11.3. The fourth-order valence-electron chi connectivity index (χ4n) is 2.49. The number of aliphatic hydroxyl groups is 1. The number of hydrogen-bond donors (Lipinski definition) is 1. The molecule has 0 radical (unpaired) electrons. The number of Topliss-reactive ketones (excluding diaryl/α,β-unsaturated/α-hetero) is 2. The molecule has 0 atom stereocenters. The van der Waals surface area contributed by atoms with E-state index in [4.69, 9.17) is 9.47 Å². The van der Waals surface area contributed by atoms with Crippen LogP contribution in [0.3, 0.4) is 0 Å². The maximum absolute atomic E-state index is 11.9. The summed E-state index contributed by atoms with van der Waals surface area (Å²) in [4.78, 5) is 34.2. The van der Waals surface area contributed by atoms with Gasteiger partial charge in [-0.05, 0) is 6.42 Å². The van der Waals surface area contributed by atoms with Crippen LogP contribution < -0.4 is 9.47 Å². The standard InChI is InChI=1S/C14H11NO7/c16-9-2-1-3-10(17)13(9)14(18)7-4-11-12(22-6-21-11)5-8(7)15(19)20/h4-5,18H,1-3,6H2. The van der Waals surface area contributed by atoms with Gasteiger partial charge in [-0.25, -0.2) is 0 Å². The lowest BCUT2D eigenvalue weighted by atomic mass is 9.89. The number of carbonyl (C=O) groups excluding carboxylic acids is 2. The Labute approximate surface area is 124 Å². The molecule has 1 aliphatic carbocycles. The summed E-state index contributed by atoms with van der Waals surface area (Å²) in [6.45, 7) is -0.0921. The highest BCUT2D eigenvalue weighted by molar-refractivity contribution is 6.26. The van der Waals surface area contributed by atoms with E-state index in [-0.39, 0.29) is 42.3 Å². The molecule has 3 rings (SSSR count). The first-order valence-corrected chi connectivity index (χ1v) is 6.57. The highest BCUT2D eigenvalue weighted by Crippen LogP contribution is 2.41. The number of nitrogens with zero attached hydrogens (tertiary/aromatic N) is 1. The molecule has 1 heterocycles. The number of aliphatic hydroxyl groups excluding tert-OH is 1. The zero-order valence-corrected chi connectivity index (χ0v) is 11.3. The summed E-state index contributed by atoms with van der Waals surface area (Å²) in [6, 6.07) is 2.31. The largest absolute Gasteiger partial charge is 0.506 e. The Hall–Kier alpha value is -2.90. The van der Waals surface area contributed by atoms with Gasteiger partial charge in [0.15, 0.2) is 23.1 Å². The van der Waals surface area contributed by atoms with E-state index in [0.29, 0.717) is 6.42 Å². The van der Waals surface area contributed by atoms with E-state index in [2.05, 4.69) is 0 Å². The number of ether oxygens (including phenoxy) is 2. The summed E-state index contributed by atoms with van der Waals surface area (Å²) < 4.78 is 10.2. The molecule has 0 spiro atoms. The first-order valence-electron chi connectivity index (χ1n) is 6.57. The summed E-state index contributed by atoms with van der Waals surface area (Å²) in [7, 11) is 0. The quantitative estimate of drug-likeness (QED) is 0.291. The number of hydrogen-bond acceptors (Lipinski definition) is 7. The van der Waals surface area contributed by atoms with E-state index < -0.39 is 27.9 Å². The monoisotopic (exact) mass is 305 g/mol. The van der Waals surface area contributed by atoms with Crippen LogP contribution in [0.15, 0.2) is 17.7 Å². The van der Waals surface area contributed by atoms with Crippen molar-refractivity contribution in [2.75, 3.05) is 6.79 Å². The Bertz CT molecular complexity index is 717. The number of nitro benzene ring substituents is 1. The molecule has 1 aromatic carbocycles. The molecular formula is C14H11NO7. The predicted octanol–water partition coefficient (Wildman–Crippen LogP) is 1.91. The Balaban J connectivity index is 2.20. The van der Waals surface area contributed by atoms with Gasteiger partial charge in [0, 0.05) is 18.9 Å². The number of fused-ring (bicyclic) bond motifs is 1. The molecule has 1 fully saturated rings. The Morgan fingerprint density at radius 1 is 1.14 bits per heavy atom. The van der Waals surface area contributed by atoms with E-state index in [1.807, 2.05) is 0 Å². The average Bonchev–Trinajstić information content (AvgIpc) is 2.92. The Kier molecular flexibility index (Phi) is 3.28. The van der Waals surface area contributed by atoms with Crippen LogP contribution in [0, 0.1) is 10.1 Å². The number of nitro groups is 1. The lowest BCUT2D eigenvalue weighted by Gasteiger charge is -2.14. The smallest absolute Gasteiger partial charge is 0.284 e. The SMILES string of the molecule is O=C1CCCC(=O)C1=C(O)c1cc2c(cc1[N+](=O)[O-])OCO2. The Morgan fingerprint density at radius 3 is 2.32 bits per heavy atom. The second-order valence-electron chi connectivity index (χ2n) is 4.90. The highest BCUT2D eigenvalue weighted by Gasteiger charge is 2.32. The topological polar surface area (TPSA) is 116 Å². The van der Waals surface area contributed by atoms with Crippen molar-refractivity contribution < 1.29 is 29.1 Å². The number of carbonyl (C=O) groups is 2.